The van der Waals surface area contributed by atoms with Crippen molar-refractivity contribution in [1.29, 1.82) is 0 Å². The zero-order valence-corrected chi connectivity index (χ0v) is 11.6. The molecule has 18 heavy (non-hydrogen) atoms. The molecule has 0 aliphatic rings. The molecule has 1 aromatic carbocycles. The first kappa shape index (κ1) is 12.8. The van der Waals surface area contributed by atoms with Gasteiger partial charge in [0.15, 0.2) is 0 Å². The number of hydrogen-bond acceptors (Lipinski definition) is 3. The maximum absolute atomic E-state index is 4.67. The fraction of sp³-hybridized carbons (Fsp3) is 0.400. The van der Waals surface area contributed by atoms with E-state index >= 15 is 0 Å². The zero-order chi connectivity index (χ0) is 13.1. The number of nitrogens with one attached hydrogen (secondary N) is 1. The minimum atomic E-state index is 0.529. The second kappa shape index (κ2) is 5.36. The third-order valence-corrected chi connectivity index (χ3v) is 3.34. The van der Waals surface area contributed by atoms with Gasteiger partial charge in [-0.15, -0.1) is 0 Å². The van der Waals surface area contributed by atoms with Crippen LogP contribution in [0, 0.1) is 0 Å². The second-order valence-corrected chi connectivity index (χ2v) is 4.95. The lowest BCUT2D eigenvalue weighted by atomic mass is 10.1. The molecule has 2 rings (SSSR count). The molecule has 0 spiro atoms. The molecule has 0 saturated carbocycles. The topological polar surface area (TPSA) is 28.2 Å². The monoisotopic (exact) mass is 243 g/mol. The van der Waals surface area contributed by atoms with Crippen LogP contribution in [-0.4, -0.2) is 30.0 Å². The Balaban J connectivity index is 2.41. The number of benzene rings is 1. The largest absolute Gasteiger partial charge is 0.373 e. The van der Waals surface area contributed by atoms with Gasteiger partial charge in [0, 0.05) is 30.6 Å². The first-order chi connectivity index (χ1) is 8.61. The standard InChI is InChI=1S/C15H21N3/c1-11(2)18(4)10-13-9-12-7-5-6-8-14(12)17-15(13)16-3/h5-9,11H,10H2,1-4H3,(H,16,17). The highest BCUT2D eigenvalue weighted by atomic mass is 15.1. The van der Waals surface area contributed by atoms with Crippen molar-refractivity contribution in [3.8, 4) is 0 Å². The van der Waals surface area contributed by atoms with Gasteiger partial charge in [-0.05, 0) is 33.0 Å². The van der Waals surface area contributed by atoms with Gasteiger partial charge in [-0.2, -0.15) is 0 Å². The molecule has 0 atom stereocenters. The first-order valence-electron chi connectivity index (χ1n) is 6.38. The summed E-state index contributed by atoms with van der Waals surface area (Å²) in [6.07, 6.45) is 0. The highest BCUT2D eigenvalue weighted by Gasteiger charge is 2.10. The molecule has 0 aliphatic carbocycles. The fourth-order valence-corrected chi connectivity index (χ4v) is 1.95. The Morgan fingerprint density at radius 1 is 1.28 bits per heavy atom. The Labute approximate surface area is 109 Å². The molecule has 1 heterocycles. The van der Waals surface area contributed by atoms with Gasteiger partial charge < -0.3 is 5.32 Å². The van der Waals surface area contributed by atoms with Crippen LogP contribution in [-0.2, 0) is 6.54 Å². The smallest absolute Gasteiger partial charge is 0.130 e. The summed E-state index contributed by atoms with van der Waals surface area (Å²) >= 11 is 0. The summed E-state index contributed by atoms with van der Waals surface area (Å²) in [4.78, 5) is 6.98. The van der Waals surface area contributed by atoms with Crippen LogP contribution in [0.25, 0.3) is 10.9 Å². The van der Waals surface area contributed by atoms with E-state index in [2.05, 4.69) is 54.3 Å². The van der Waals surface area contributed by atoms with Crippen LogP contribution >= 0.6 is 0 Å². The highest BCUT2D eigenvalue weighted by Crippen LogP contribution is 2.21. The van der Waals surface area contributed by atoms with Crippen molar-refractivity contribution in [3.63, 3.8) is 0 Å². The predicted octanol–water partition coefficient (Wildman–Crippen LogP) is 3.12. The maximum atomic E-state index is 4.67. The summed E-state index contributed by atoms with van der Waals surface area (Å²) in [5.41, 5.74) is 2.28. The van der Waals surface area contributed by atoms with Crippen molar-refractivity contribution in [2.75, 3.05) is 19.4 Å². The average molecular weight is 243 g/mol. The number of rotatable bonds is 4. The molecule has 3 nitrogen and oxygen atoms in total. The van der Waals surface area contributed by atoms with Gasteiger partial charge in [0.2, 0.25) is 0 Å². The van der Waals surface area contributed by atoms with Gasteiger partial charge in [-0.25, -0.2) is 4.98 Å². The van der Waals surface area contributed by atoms with Crippen molar-refractivity contribution in [2.45, 2.75) is 26.4 Å². The molecule has 0 saturated heterocycles. The molecular formula is C15H21N3. The molecule has 0 bridgehead atoms. The number of anilines is 1. The van der Waals surface area contributed by atoms with Crippen LogP contribution in [0.1, 0.15) is 19.4 Å². The molecule has 1 N–H and O–H groups in total. The Morgan fingerprint density at radius 3 is 2.67 bits per heavy atom. The Bertz CT molecular complexity index is 534. The van der Waals surface area contributed by atoms with Crippen LogP contribution in [0.3, 0.4) is 0 Å². The average Bonchev–Trinajstić information content (AvgIpc) is 2.37. The molecule has 0 fully saturated rings. The predicted molar refractivity (Wildman–Crippen MR) is 77.9 cm³/mol. The minimum absolute atomic E-state index is 0.529. The highest BCUT2D eigenvalue weighted by molar-refractivity contribution is 5.81. The van der Waals surface area contributed by atoms with Crippen molar-refractivity contribution in [1.82, 2.24) is 9.88 Å². The van der Waals surface area contributed by atoms with E-state index in [-0.39, 0.29) is 0 Å². The number of fused-ring (bicyclic) bond motifs is 1. The summed E-state index contributed by atoms with van der Waals surface area (Å²) in [6, 6.07) is 11.0. The van der Waals surface area contributed by atoms with E-state index in [0.717, 1.165) is 17.9 Å². The molecule has 0 aliphatic heterocycles. The van der Waals surface area contributed by atoms with Gasteiger partial charge in [-0.3, -0.25) is 4.90 Å². The normalized spacial score (nSPS) is 11.4. The van der Waals surface area contributed by atoms with Gasteiger partial charge in [0.25, 0.3) is 0 Å². The van der Waals surface area contributed by atoms with Crippen LogP contribution in [0.5, 0.6) is 0 Å². The van der Waals surface area contributed by atoms with E-state index in [0.29, 0.717) is 6.04 Å². The van der Waals surface area contributed by atoms with Crippen LogP contribution in [0.2, 0.25) is 0 Å². The second-order valence-electron chi connectivity index (χ2n) is 4.95. The van der Waals surface area contributed by atoms with Crippen molar-refractivity contribution < 1.29 is 0 Å². The molecular weight excluding hydrogens is 222 g/mol. The minimum Gasteiger partial charge on any atom is -0.373 e. The third-order valence-electron chi connectivity index (χ3n) is 3.34. The SMILES string of the molecule is CNc1nc2ccccc2cc1CN(C)C(C)C. The Kier molecular flexibility index (Phi) is 3.82. The molecule has 0 amide bonds. The summed E-state index contributed by atoms with van der Waals surface area (Å²) in [5.74, 6) is 0.973. The van der Waals surface area contributed by atoms with E-state index in [1.165, 1.54) is 10.9 Å². The van der Waals surface area contributed by atoms with Crippen LogP contribution in [0.4, 0.5) is 5.82 Å². The lowest BCUT2D eigenvalue weighted by Gasteiger charge is -2.22. The van der Waals surface area contributed by atoms with Crippen molar-refractivity contribution >= 4 is 16.7 Å². The Hall–Kier alpha value is -1.61. The summed E-state index contributed by atoms with van der Waals surface area (Å²) in [5, 5.41) is 4.39. The number of para-hydroxylation sites is 1. The molecule has 1 aromatic heterocycles. The number of hydrogen-bond donors (Lipinski definition) is 1. The summed E-state index contributed by atoms with van der Waals surface area (Å²) in [7, 11) is 4.06. The zero-order valence-electron chi connectivity index (χ0n) is 11.6. The fourth-order valence-electron chi connectivity index (χ4n) is 1.95. The van der Waals surface area contributed by atoms with Gasteiger partial charge >= 0.3 is 0 Å². The molecule has 2 aromatic rings. The Morgan fingerprint density at radius 2 is 2.00 bits per heavy atom. The maximum Gasteiger partial charge on any atom is 0.130 e. The molecule has 96 valence electrons. The third kappa shape index (κ3) is 2.62. The van der Waals surface area contributed by atoms with E-state index in [1.54, 1.807) is 0 Å². The molecule has 0 unspecified atom stereocenters. The number of pyridine rings is 1. The number of nitrogens with zero attached hydrogens (tertiary/aromatic N) is 2. The quantitative estimate of drug-likeness (QED) is 0.894. The van der Waals surface area contributed by atoms with E-state index in [1.807, 2.05) is 19.2 Å². The van der Waals surface area contributed by atoms with E-state index in [4.69, 9.17) is 0 Å². The van der Waals surface area contributed by atoms with Gasteiger partial charge in [-0.1, -0.05) is 18.2 Å². The van der Waals surface area contributed by atoms with Crippen LogP contribution < -0.4 is 5.32 Å². The molecule has 0 radical (unpaired) electrons. The molecule has 3 heteroatoms. The lowest BCUT2D eigenvalue weighted by molar-refractivity contribution is 0.266. The first-order valence-corrected chi connectivity index (χ1v) is 6.38. The summed E-state index contributed by atoms with van der Waals surface area (Å²) in [6.45, 7) is 5.31. The van der Waals surface area contributed by atoms with E-state index < -0.39 is 0 Å². The summed E-state index contributed by atoms with van der Waals surface area (Å²) < 4.78 is 0. The lowest BCUT2D eigenvalue weighted by Crippen LogP contribution is -2.26. The van der Waals surface area contributed by atoms with Gasteiger partial charge in [0.05, 0.1) is 5.52 Å². The van der Waals surface area contributed by atoms with Crippen molar-refractivity contribution in [3.05, 3.63) is 35.9 Å². The van der Waals surface area contributed by atoms with Crippen molar-refractivity contribution in [2.24, 2.45) is 0 Å². The van der Waals surface area contributed by atoms with Crippen LogP contribution in [0.15, 0.2) is 30.3 Å². The number of aromatic nitrogens is 1. The van der Waals surface area contributed by atoms with E-state index in [9.17, 15) is 0 Å². The van der Waals surface area contributed by atoms with Gasteiger partial charge in [0.1, 0.15) is 5.82 Å².